The summed E-state index contributed by atoms with van der Waals surface area (Å²) in [7, 11) is 0. The van der Waals surface area contributed by atoms with E-state index in [0.29, 0.717) is 30.1 Å². The number of piperidine rings is 2. The Kier molecular flexibility index (Phi) is 66.3. The largest absolute Gasteiger partial charge is 0.381 e. The average molecular weight is 1480 g/mol. The summed E-state index contributed by atoms with van der Waals surface area (Å²) in [6.45, 7) is 90.5. The van der Waals surface area contributed by atoms with Gasteiger partial charge in [-0.2, -0.15) is 0 Å². The van der Waals surface area contributed by atoms with E-state index in [0.717, 1.165) is 111 Å². The zero-order valence-corrected chi connectivity index (χ0v) is 74.4. The second kappa shape index (κ2) is 59.1. The monoisotopic (exact) mass is 1480 g/mol. The normalized spacial score (nSPS) is 17.2. The summed E-state index contributed by atoms with van der Waals surface area (Å²) in [6, 6.07) is 0. The van der Waals surface area contributed by atoms with Gasteiger partial charge in [-0.15, -0.1) is 0 Å². The van der Waals surface area contributed by atoms with Crippen LogP contribution in [0.15, 0.2) is 0 Å². The first-order valence-corrected chi connectivity index (χ1v) is 39.3. The second-order valence-electron chi connectivity index (χ2n) is 38.6. The van der Waals surface area contributed by atoms with Crippen molar-refractivity contribution in [2.75, 3.05) is 119 Å². The van der Waals surface area contributed by atoms with Crippen molar-refractivity contribution in [2.24, 2.45) is 23.7 Å². The van der Waals surface area contributed by atoms with Gasteiger partial charge >= 0.3 is 0 Å². The molecule has 0 amide bonds. The molecule has 102 heavy (non-hydrogen) atoms. The molecule has 17 heteroatoms. The predicted molar refractivity (Wildman–Crippen MR) is 432 cm³/mol. The van der Waals surface area contributed by atoms with Crippen LogP contribution in [0.1, 0.15) is 341 Å². The van der Waals surface area contributed by atoms with Crippen LogP contribution in [0.2, 0.25) is 0 Å². The molecule has 4 fully saturated rings. The highest BCUT2D eigenvalue weighted by atomic mass is 19.3. The fourth-order valence-electron chi connectivity index (χ4n) is 8.19. The first-order valence-electron chi connectivity index (χ1n) is 39.3. The third kappa shape index (κ3) is 110. The number of halogens is 4. The molecule has 2 atom stereocenters. The second-order valence-corrected chi connectivity index (χ2v) is 38.6. The summed E-state index contributed by atoms with van der Waals surface area (Å²) in [5.74, 6) is -0.682. The lowest BCUT2D eigenvalue weighted by molar-refractivity contribution is -0.111. The summed E-state index contributed by atoms with van der Waals surface area (Å²) in [4.78, 5) is 5.09. The van der Waals surface area contributed by atoms with Gasteiger partial charge in [-0.05, 0) is 316 Å². The molecule has 4 aliphatic rings. The molecule has 4 heterocycles. The SMILES string of the molecule is C.CC(C)(C)N1CCCCC1.CC(C)(C)OC1CCOCC1.CC(C)(C)OCC1CCOCC1.CC(C)(C)OCCN1CCCCC1.CC(C)COC(C)(C)C.CC(C)COC(C)(C)C.CC(F)(F)COC(C)(C)C.CC(F)COC(C)(C)C.CCCOC(C)(C)C.C[C@@H](CF)COC(C)(C)C. The maximum absolute atomic E-state index is 12.1. The van der Waals surface area contributed by atoms with E-state index in [1.165, 1.54) is 71.6 Å². The first kappa shape index (κ1) is 115. The Bertz CT molecular complexity index is 1710. The number of rotatable bonds is 19. The summed E-state index contributed by atoms with van der Waals surface area (Å²) < 4.78 is 108. The van der Waals surface area contributed by atoms with Gasteiger partial charge in [-0.1, -0.05) is 61.8 Å². The quantitative estimate of drug-likeness (QED) is 0.115. The van der Waals surface area contributed by atoms with Crippen LogP contribution in [0.5, 0.6) is 0 Å². The van der Waals surface area contributed by atoms with Gasteiger partial charge in [0.1, 0.15) is 12.8 Å². The van der Waals surface area contributed by atoms with Crippen LogP contribution in [0.3, 0.4) is 0 Å². The van der Waals surface area contributed by atoms with Crippen LogP contribution >= 0.6 is 0 Å². The van der Waals surface area contributed by atoms with Crippen molar-refractivity contribution in [3.63, 3.8) is 0 Å². The van der Waals surface area contributed by atoms with Crippen LogP contribution in [0, 0.1) is 23.7 Å². The van der Waals surface area contributed by atoms with Gasteiger partial charge < -0.3 is 57.0 Å². The van der Waals surface area contributed by atoms with E-state index in [1.54, 1.807) is 20.8 Å². The van der Waals surface area contributed by atoms with E-state index in [1.807, 2.05) is 48.5 Å². The Balaban J connectivity index is -0.000000197. The van der Waals surface area contributed by atoms with Gasteiger partial charge in [0.25, 0.3) is 5.92 Å². The minimum atomic E-state index is -2.71. The van der Waals surface area contributed by atoms with Crippen LogP contribution in [0.25, 0.3) is 0 Å². The average Bonchev–Trinajstić information content (AvgIpc) is 0.885. The van der Waals surface area contributed by atoms with Crippen molar-refractivity contribution in [1.82, 2.24) is 9.80 Å². The van der Waals surface area contributed by atoms with E-state index < -0.39 is 24.3 Å². The van der Waals surface area contributed by atoms with Crippen LogP contribution < -0.4 is 0 Å². The molecule has 0 aromatic rings. The minimum Gasteiger partial charge on any atom is -0.381 e. The van der Waals surface area contributed by atoms with Crippen molar-refractivity contribution in [2.45, 2.75) is 415 Å². The molecule has 0 radical (unpaired) electrons. The molecule has 0 spiro atoms. The summed E-state index contributed by atoms with van der Waals surface area (Å²) in [5, 5.41) is 0. The van der Waals surface area contributed by atoms with Gasteiger partial charge in [0.05, 0.1) is 89.6 Å². The lowest BCUT2D eigenvalue weighted by Gasteiger charge is -2.38. The van der Waals surface area contributed by atoms with Crippen LogP contribution in [-0.2, 0) is 52.1 Å². The Morgan fingerprint density at radius 2 is 0.735 bits per heavy atom. The topological polar surface area (TPSA) is 108 Å². The van der Waals surface area contributed by atoms with Crippen LogP contribution in [0.4, 0.5) is 17.6 Å². The molecule has 0 aliphatic carbocycles. The van der Waals surface area contributed by atoms with Gasteiger partial charge in [-0.25, -0.2) is 13.2 Å². The standard InChI is InChI=1S/C11H23NO.C10H20O2.C9H19N.C9H18O2.C8H17FO.2C8H18O.C7H14F2O.C7H15FO.C7H16O.CH4/c1-11(2,3)13-10-9-12-7-5-4-6-8-12;1-10(2,3)12-8-9-4-6-11-7-5-9;1-9(2,3)10-7-5-4-6-8-10;1-9(2,3)11-8-4-6-10-7-5-8;1-7(5-9)6-10-8(2,3)4;2*1-7(2)6-9-8(3,4)5;1-6(2,3)10-5-7(4,8)9;1-6(8)5-9-7(2,3)4;1-5-6-8-7(2,3)4;/h4-10H2,1-3H3;9H,4-8H2,1-3H3;4-8H2,1-3H3;8H,4-7H2,1-3H3;7H,5-6H2,1-4H3;2*7H,6H2,1-5H3;5H2,1-4H3;6H,5H2,1-4H3;5-6H2,1-4H3;1H4/t;;;;7-;;;;;;/m....0....../s1. The zero-order chi connectivity index (χ0) is 80.4. The third-order valence-electron chi connectivity index (χ3n) is 13.5. The van der Waals surface area contributed by atoms with Gasteiger partial charge in [0.2, 0.25) is 0 Å². The maximum atomic E-state index is 12.1. The Morgan fingerprint density at radius 1 is 0.402 bits per heavy atom. The highest BCUT2D eigenvalue weighted by Crippen LogP contribution is 2.23. The summed E-state index contributed by atoms with van der Waals surface area (Å²) in [6.07, 6.45) is 13.5. The predicted octanol–water partition coefficient (Wildman–Crippen LogP) is 23.6. The third-order valence-corrected chi connectivity index (χ3v) is 13.5. The highest BCUT2D eigenvalue weighted by molar-refractivity contribution is 4.79. The number of nitrogens with zero attached hydrogens (tertiary/aromatic N) is 2. The zero-order valence-electron chi connectivity index (χ0n) is 74.4. The molecule has 4 saturated heterocycles. The minimum absolute atomic E-state index is 0. The van der Waals surface area contributed by atoms with Crippen molar-refractivity contribution < 1.29 is 69.7 Å². The smallest absolute Gasteiger partial charge is 0.268 e. The first-order chi connectivity index (χ1) is 45.3. The molecule has 13 nitrogen and oxygen atoms in total. The Morgan fingerprint density at radius 3 is 0.990 bits per heavy atom. The number of ether oxygens (including phenoxy) is 11. The van der Waals surface area contributed by atoms with Gasteiger partial charge in [0, 0.05) is 71.2 Å². The van der Waals surface area contributed by atoms with E-state index in [-0.39, 0.29) is 71.4 Å². The van der Waals surface area contributed by atoms with E-state index in [2.05, 4.69) is 190 Å². The van der Waals surface area contributed by atoms with E-state index >= 15 is 0 Å². The number of hydrogen-bond donors (Lipinski definition) is 0. The summed E-state index contributed by atoms with van der Waals surface area (Å²) in [5.41, 5.74) is -0.260. The molecule has 0 aromatic heterocycles. The molecule has 4 rings (SSSR count). The summed E-state index contributed by atoms with van der Waals surface area (Å²) >= 11 is 0. The highest BCUT2D eigenvalue weighted by Gasteiger charge is 2.26. The molecule has 0 aromatic carbocycles. The van der Waals surface area contributed by atoms with Crippen molar-refractivity contribution in [1.29, 1.82) is 0 Å². The maximum Gasteiger partial charge on any atom is 0.268 e. The number of likely N-dealkylation sites (tertiary alicyclic amines) is 2. The lowest BCUT2D eigenvalue weighted by Crippen LogP contribution is -2.44. The molecule has 4 aliphatic heterocycles. The molecule has 0 bridgehead atoms. The molecule has 626 valence electrons. The number of hydrogen-bond acceptors (Lipinski definition) is 13. The molecular formula is C85H182F4N2O11. The Hall–Kier alpha value is -0.800. The molecular weight excluding hydrogens is 1300 g/mol. The molecule has 0 saturated carbocycles. The van der Waals surface area contributed by atoms with E-state index in [9.17, 15) is 17.6 Å². The van der Waals surface area contributed by atoms with Crippen molar-refractivity contribution in [3.8, 4) is 0 Å². The fourth-order valence-corrected chi connectivity index (χ4v) is 8.19. The van der Waals surface area contributed by atoms with Gasteiger partial charge in [-0.3, -0.25) is 9.29 Å². The molecule has 1 unspecified atom stereocenters. The number of alkyl halides is 4. The van der Waals surface area contributed by atoms with Crippen LogP contribution in [-0.4, -0.2) is 203 Å². The Labute approximate surface area is 634 Å². The van der Waals surface area contributed by atoms with Gasteiger partial charge in [0.15, 0.2) is 0 Å². The van der Waals surface area contributed by atoms with Crippen molar-refractivity contribution >= 4 is 0 Å². The van der Waals surface area contributed by atoms with Crippen molar-refractivity contribution in [3.05, 3.63) is 0 Å². The lowest BCUT2D eigenvalue weighted by atomic mass is 10.0. The van der Waals surface area contributed by atoms with E-state index in [4.69, 9.17) is 52.1 Å². The fraction of sp³-hybridized carbons (Fsp3) is 1.00. The molecule has 0 N–H and O–H groups in total.